The van der Waals surface area contributed by atoms with E-state index in [1.165, 1.54) is 0 Å². The summed E-state index contributed by atoms with van der Waals surface area (Å²) >= 11 is 9.50. The monoisotopic (exact) mass is 377 g/mol. The molecule has 0 unspecified atom stereocenters. The van der Waals surface area contributed by atoms with E-state index in [-0.39, 0.29) is 5.91 Å². The molecular weight excluding hydrogens is 369 g/mol. The lowest BCUT2D eigenvalue weighted by Crippen LogP contribution is -2.10. The summed E-state index contributed by atoms with van der Waals surface area (Å²) in [7, 11) is 0. The first-order valence-corrected chi connectivity index (χ1v) is 7.38. The van der Waals surface area contributed by atoms with Crippen LogP contribution in [0.15, 0.2) is 35.7 Å². The molecule has 1 amide bonds. The van der Waals surface area contributed by atoms with Crippen molar-refractivity contribution in [1.82, 2.24) is 0 Å². The fourth-order valence-electron chi connectivity index (χ4n) is 1.36. The average molecular weight is 378 g/mol. The molecule has 0 aliphatic rings. The number of hydrogen-bond donors (Lipinski definition) is 1. The number of anilines is 1. The lowest BCUT2D eigenvalue weighted by molar-refractivity contribution is 0.102. The predicted octanol–water partition coefficient (Wildman–Crippen LogP) is 4.34. The lowest BCUT2D eigenvalue weighted by Gasteiger charge is -2.04. The maximum absolute atomic E-state index is 11.9. The van der Waals surface area contributed by atoms with E-state index in [0.717, 1.165) is 14.1 Å². The Morgan fingerprint density at radius 1 is 1.41 bits per heavy atom. The minimum atomic E-state index is -0.0871. The van der Waals surface area contributed by atoms with E-state index in [1.54, 1.807) is 11.3 Å². The maximum Gasteiger partial charge on any atom is 0.256 e. The Kier molecular flexibility index (Phi) is 4.42. The molecule has 0 spiro atoms. The Morgan fingerprint density at radius 3 is 2.88 bits per heavy atom. The highest BCUT2D eigenvalue weighted by Crippen LogP contribution is 2.18. The molecule has 1 N–H and O–H groups in total. The second-order valence-electron chi connectivity index (χ2n) is 3.43. The molecule has 0 atom stereocenters. The Balaban J connectivity index is 2.12. The van der Waals surface area contributed by atoms with Crippen molar-refractivity contribution >= 4 is 57.1 Å². The van der Waals surface area contributed by atoms with Crippen molar-refractivity contribution < 1.29 is 4.79 Å². The van der Waals surface area contributed by atoms with Crippen molar-refractivity contribution in [2.24, 2.45) is 0 Å². The average Bonchev–Trinajstić information content (AvgIpc) is 2.76. The first-order chi connectivity index (χ1) is 8.19. The Bertz CT molecular complexity index is 541. The zero-order valence-electron chi connectivity index (χ0n) is 8.74. The third-order valence-corrected chi connectivity index (χ3v) is 4.27. The summed E-state index contributed by atoms with van der Waals surface area (Å²) in [4.78, 5) is 11.9. The van der Waals surface area contributed by atoms with Crippen LogP contribution in [0.3, 0.4) is 0 Å². The van der Waals surface area contributed by atoms with Gasteiger partial charge < -0.3 is 5.32 Å². The number of rotatable bonds is 3. The topological polar surface area (TPSA) is 29.1 Å². The summed E-state index contributed by atoms with van der Waals surface area (Å²) in [5.41, 5.74) is 2.45. The van der Waals surface area contributed by atoms with Gasteiger partial charge in [0.25, 0.3) is 5.91 Å². The number of halogens is 2. The van der Waals surface area contributed by atoms with Crippen LogP contribution >= 0.6 is 45.5 Å². The Hall–Kier alpha value is -0.590. The number of alkyl halides is 1. The third kappa shape index (κ3) is 3.43. The second-order valence-corrected chi connectivity index (χ2v) is 6.50. The molecule has 1 aromatic carbocycles. The van der Waals surface area contributed by atoms with E-state index in [0.29, 0.717) is 11.4 Å². The highest BCUT2D eigenvalue weighted by Gasteiger charge is 2.08. The van der Waals surface area contributed by atoms with E-state index in [9.17, 15) is 4.79 Å². The molecule has 1 aromatic heterocycles. The minimum Gasteiger partial charge on any atom is -0.322 e. The van der Waals surface area contributed by atoms with Gasteiger partial charge in [-0.3, -0.25) is 4.79 Å². The number of thiophene rings is 1. The van der Waals surface area contributed by atoms with Crippen LogP contribution in [-0.4, -0.2) is 5.91 Å². The number of nitrogens with one attached hydrogen (secondary N) is 1. The van der Waals surface area contributed by atoms with Gasteiger partial charge in [-0.15, -0.1) is 22.9 Å². The van der Waals surface area contributed by atoms with Crippen molar-refractivity contribution in [1.29, 1.82) is 0 Å². The highest BCUT2D eigenvalue weighted by atomic mass is 127. The van der Waals surface area contributed by atoms with Crippen molar-refractivity contribution in [2.75, 3.05) is 5.32 Å². The van der Waals surface area contributed by atoms with Crippen LogP contribution in [0.25, 0.3) is 0 Å². The van der Waals surface area contributed by atoms with Crippen molar-refractivity contribution in [2.45, 2.75) is 5.88 Å². The maximum atomic E-state index is 11.9. The highest BCUT2D eigenvalue weighted by molar-refractivity contribution is 14.1. The molecule has 0 aliphatic heterocycles. The lowest BCUT2D eigenvalue weighted by atomic mass is 10.2. The molecule has 88 valence electrons. The number of carbonyl (C=O) groups is 1. The summed E-state index contributed by atoms with van der Waals surface area (Å²) in [6.07, 6.45) is 0. The van der Waals surface area contributed by atoms with Crippen LogP contribution in [0.2, 0.25) is 0 Å². The van der Waals surface area contributed by atoms with Gasteiger partial charge in [0.05, 0.1) is 8.45 Å². The number of amides is 1. The fourth-order valence-corrected chi connectivity index (χ4v) is 2.86. The van der Waals surface area contributed by atoms with Gasteiger partial charge in [0.1, 0.15) is 0 Å². The van der Waals surface area contributed by atoms with Gasteiger partial charge in [0.15, 0.2) is 0 Å². The number of carbonyl (C=O) groups excluding carboxylic acids is 1. The summed E-state index contributed by atoms with van der Waals surface area (Å²) in [6.45, 7) is 0. The smallest absolute Gasteiger partial charge is 0.256 e. The van der Waals surface area contributed by atoms with Gasteiger partial charge in [-0.1, -0.05) is 12.1 Å². The Labute approximate surface area is 122 Å². The first-order valence-electron chi connectivity index (χ1n) is 4.89. The van der Waals surface area contributed by atoms with Crippen LogP contribution in [0.1, 0.15) is 15.9 Å². The molecule has 0 bridgehead atoms. The van der Waals surface area contributed by atoms with Crippen LogP contribution in [0.4, 0.5) is 5.69 Å². The van der Waals surface area contributed by atoms with Crippen LogP contribution in [0, 0.1) is 2.88 Å². The van der Waals surface area contributed by atoms with Crippen molar-refractivity contribution in [3.8, 4) is 0 Å². The van der Waals surface area contributed by atoms with E-state index in [1.807, 2.05) is 35.7 Å². The largest absolute Gasteiger partial charge is 0.322 e. The van der Waals surface area contributed by atoms with Crippen LogP contribution in [0.5, 0.6) is 0 Å². The summed E-state index contributed by atoms with van der Waals surface area (Å²) < 4.78 is 1.10. The zero-order chi connectivity index (χ0) is 12.3. The zero-order valence-corrected chi connectivity index (χ0v) is 12.5. The van der Waals surface area contributed by atoms with Gasteiger partial charge >= 0.3 is 0 Å². The first kappa shape index (κ1) is 12.9. The standard InChI is InChI=1S/C12H9ClINOS/c13-6-8-2-1-3-10(4-8)15-12(16)9-5-11(14)17-7-9/h1-5,7H,6H2,(H,15,16). The molecule has 1 heterocycles. The molecule has 2 aromatic rings. The van der Waals surface area contributed by atoms with E-state index < -0.39 is 0 Å². The molecular formula is C12H9ClINOS. The number of benzene rings is 1. The third-order valence-electron chi connectivity index (χ3n) is 2.17. The van der Waals surface area contributed by atoms with E-state index >= 15 is 0 Å². The Morgan fingerprint density at radius 2 is 2.24 bits per heavy atom. The molecule has 0 saturated heterocycles. The van der Waals surface area contributed by atoms with Crippen molar-refractivity contribution in [3.63, 3.8) is 0 Å². The van der Waals surface area contributed by atoms with Gasteiger partial charge in [0.2, 0.25) is 0 Å². The predicted molar refractivity (Wildman–Crippen MR) is 81.0 cm³/mol. The minimum absolute atomic E-state index is 0.0871. The van der Waals surface area contributed by atoms with Gasteiger partial charge in [-0.25, -0.2) is 0 Å². The van der Waals surface area contributed by atoms with Crippen LogP contribution < -0.4 is 5.32 Å². The molecule has 5 heteroatoms. The van der Waals surface area contributed by atoms with Gasteiger partial charge in [-0.05, 0) is 46.4 Å². The summed E-state index contributed by atoms with van der Waals surface area (Å²) in [6, 6.07) is 9.40. The molecule has 0 fully saturated rings. The van der Waals surface area contributed by atoms with Gasteiger partial charge in [0, 0.05) is 16.9 Å². The second kappa shape index (κ2) is 5.84. The molecule has 0 aliphatic carbocycles. The molecule has 0 radical (unpaired) electrons. The molecule has 2 nitrogen and oxygen atoms in total. The molecule has 2 rings (SSSR count). The fraction of sp³-hybridized carbons (Fsp3) is 0.0833. The molecule has 17 heavy (non-hydrogen) atoms. The SMILES string of the molecule is O=C(Nc1cccc(CCl)c1)c1csc(I)c1. The van der Waals surface area contributed by atoms with Crippen LogP contribution in [-0.2, 0) is 5.88 Å². The van der Waals surface area contributed by atoms with Crippen molar-refractivity contribution in [3.05, 3.63) is 49.7 Å². The summed E-state index contributed by atoms with van der Waals surface area (Å²) in [5.74, 6) is 0.357. The van der Waals surface area contributed by atoms with E-state index in [4.69, 9.17) is 11.6 Å². The summed E-state index contributed by atoms with van der Waals surface area (Å²) in [5, 5.41) is 4.70. The number of hydrogen-bond acceptors (Lipinski definition) is 2. The van der Waals surface area contributed by atoms with E-state index in [2.05, 4.69) is 27.9 Å². The quantitative estimate of drug-likeness (QED) is 0.625. The normalized spacial score (nSPS) is 10.2. The molecule has 0 saturated carbocycles. The van der Waals surface area contributed by atoms with Gasteiger partial charge in [-0.2, -0.15) is 0 Å².